The van der Waals surface area contributed by atoms with E-state index in [4.69, 9.17) is 21.1 Å². The third kappa shape index (κ3) is 4.72. The molecule has 1 aliphatic rings. The fourth-order valence-corrected chi connectivity index (χ4v) is 3.87. The number of hydrogen-bond donors (Lipinski definition) is 0. The molecule has 5 nitrogen and oxygen atoms in total. The number of thiophene rings is 1. The van der Waals surface area contributed by atoms with E-state index in [0.29, 0.717) is 22.4 Å². The summed E-state index contributed by atoms with van der Waals surface area (Å²) in [5.74, 6) is -0.367. The van der Waals surface area contributed by atoms with Crippen LogP contribution < -0.4 is 9.47 Å². The van der Waals surface area contributed by atoms with Gasteiger partial charge >= 0.3 is 11.9 Å². The summed E-state index contributed by atoms with van der Waals surface area (Å²) in [7, 11) is 0. The Balaban J connectivity index is 1.58. The van der Waals surface area contributed by atoms with Crippen LogP contribution in [0.3, 0.4) is 0 Å². The zero-order valence-corrected chi connectivity index (χ0v) is 15.8. The molecule has 1 aromatic heterocycles. The van der Waals surface area contributed by atoms with Gasteiger partial charge in [0.2, 0.25) is 0 Å². The second kappa shape index (κ2) is 8.49. The number of carbonyl (C=O) groups is 2. The molecule has 0 saturated carbocycles. The SMILES string of the molecule is C/C=C/C(=O)Oc1cc2c(s1)CCN(CC(=O)Oc1ccccc1Cl)C2. The molecule has 7 heteroatoms. The van der Waals surface area contributed by atoms with Crippen molar-refractivity contribution < 1.29 is 19.1 Å². The largest absolute Gasteiger partial charge is 0.424 e. The number of halogens is 1. The van der Waals surface area contributed by atoms with Crippen LogP contribution in [0, 0.1) is 0 Å². The Labute approximate surface area is 160 Å². The van der Waals surface area contributed by atoms with Gasteiger partial charge in [-0.15, -0.1) is 11.3 Å². The zero-order valence-electron chi connectivity index (χ0n) is 14.2. The highest BCUT2D eigenvalue weighted by Gasteiger charge is 2.23. The molecule has 2 heterocycles. The molecule has 1 aliphatic heterocycles. The number of allylic oxidation sites excluding steroid dienone is 1. The van der Waals surface area contributed by atoms with Crippen LogP contribution in [0.2, 0.25) is 5.02 Å². The molecule has 1 aromatic carbocycles. The van der Waals surface area contributed by atoms with Crippen LogP contribution in [0.4, 0.5) is 0 Å². The minimum Gasteiger partial charge on any atom is -0.424 e. The van der Waals surface area contributed by atoms with Crippen LogP contribution in [0.5, 0.6) is 10.8 Å². The van der Waals surface area contributed by atoms with Crippen molar-refractivity contribution in [2.24, 2.45) is 0 Å². The summed E-state index contributed by atoms with van der Waals surface area (Å²) < 4.78 is 10.6. The summed E-state index contributed by atoms with van der Waals surface area (Å²) in [5.41, 5.74) is 1.08. The van der Waals surface area contributed by atoms with E-state index >= 15 is 0 Å². The molecule has 0 atom stereocenters. The lowest BCUT2D eigenvalue weighted by Gasteiger charge is -2.25. The van der Waals surface area contributed by atoms with E-state index in [1.807, 2.05) is 11.0 Å². The van der Waals surface area contributed by atoms with E-state index in [-0.39, 0.29) is 18.5 Å². The van der Waals surface area contributed by atoms with Gasteiger partial charge in [0.1, 0.15) is 5.75 Å². The van der Waals surface area contributed by atoms with E-state index in [9.17, 15) is 9.59 Å². The van der Waals surface area contributed by atoms with Gasteiger partial charge in [-0.3, -0.25) is 9.69 Å². The molecular formula is C19H18ClNO4S. The van der Waals surface area contributed by atoms with Gasteiger partial charge < -0.3 is 9.47 Å². The predicted octanol–water partition coefficient (Wildman–Crippen LogP) is 3.85. The van der Waals surface area contributed by atoms with Crippen LogP contribution in [0.25, 0.3) is 0 Å². The van der Waals surface area contributed by atoms with Crippen LogP contribution in [-0.4, -0.2) is 29.9 Å². The summed E-state index contributed by atoms with van der Waals surface area (Å²) >= 11 is 7.49. The Kier molecular flexibility index (Phi) is 6.08. The molecule has 26 heavy (non-hydrogen) atoms. The van der Waals surface area contributed by atoms with Gasteiger partial charge in [0.25, 0.3) is 0 Å². The second-order valence-electron chi connectivity index (χ2n) is 5.80. The molecular weight excluding hydrogens is 374 g/mol. The molecule has 0 bridgehead atoms. The number of fused-ring (bicyclic) bond motifs is 1. The lowest BCUT2D eigenvalue weighted by atomic mass is 10.1. The first-order valence-corrected chi connectivity index (χ1v) is 9.38. The fraction of sp³-hybridized carbons (Fsp3) is 0.263. The normalized spacial score (nSPS) is 14.2. The number of benzene rings is 1. The average molecular weight is 392 g/mol. The first-order valence-electron chi connectivity index (χ1n) is 8.19. The molecule has 0 N–H and O–H groups in total. The van der Waals surface area contributed by atoms with Crippen LogP contribution in [0.15, 0.2) is 42.5 Å². The number of para-hydroxylation sites is 1. The number of nitrogens with zero attached hydrogens (tertiary/aromatic N) is 1. The summed E-state index contributed by atoms with van der Waals surface area (Å²) in [6.07, 6.45) is 3.83. The second-order valence-corrected chi connectivity index (χ2v) is 7.31. The first-order chi connectivity index (χ1) is 12.5. The van der Waals surface area contributed by atoms with Crippen molar-refractivity contribution in [1.82, 2.24) is 4.90 Å². The van der Waals surface area contributed by atoms with Crippen molar-refractivity contribution in [3.8, 4) is 10.8 Å². The van der Waals surface area contributed by atoms with Gasteiger partial charge in [-0.1, -0.05) is 29.8 Å². The van der Waals surface area contributed by atoms with Crippen molar-refractivity contribution in [3.05, 3.63) is 57.9 Å². The van der Waals surface area contributed by atoms with Crippen molar-refractivity contribution >= 4 is 34.9 Å². The monoisotopic (exact) mass is 391 g/mol. The molecule has 2 aromatic rings. The average Bonchev–Trinajstić information content (AvgIpc) is 2.98. The maximum absolute atomic E-state index is 12.2. The third-order valence-corrected chi connectivity index (χ3v) is 5.27. The summed E-state index contributed by atoms with van der Waals surface area (Å²) in [6, 6.07) is 8.76. The van der Waals surface area contributed by atoms with Gasteiger partial charge in [0.15, 0.2) is 5.06 Å². The molecule has 0 unspecified atom stereocenters. The molecule has 0 radical (unpaired) electrons. The van der Waals surface area contributed by atoms with Gasteiger partial charge in [0.05, 0.1) is 11.6 Å². The highest BCUT2D eigenvalue weighted by atomic mass is 35.5. The predicted molar refractivity (Wildman–Crippen MR) is 101 cm³/mol. The van der Waals surface area contributed by atoms with Crippen molar-refractivity contribution in [2.75, 3.05) is 13.1 Å². The number of ether oxygens (including phenoxy) is 2. The van der Waals surface area contributed by atoms with Crippen LogP contribution in [0.1, 0.15) is 17.4 Å². The van der Waals surface area contributed by atoms with Crippen LogP contribution in [-0.2, 0) is 22.6 Å². The van der Waals surface area contributed by atoms with Crippen molar-refractivity contribution in [1.29, 1.82) is 0 Å². The topological polar surface area (TPSA) is 55.8 Å². The standard InChI is InChI=1S/C19H18ClNO4S/c1-2-5-17(22)25-19-10-13-11-21(9-8-16(13)26-19)12-18(23)24-15-7-4-3-6-14(15)20/h2-7,10H,8-9,11-12H2,1H3/b5-2+. The van der Waals surface area contributed by atoms with Gasteiger partial charge in [0, 0.05) is 24.0 Å². The van der Waals surface area contributed by atoms with E-state index in [1.54, 1.807) is 37.3 Å². The molecule has 0 spiro atoms. The number of hydrogen-bond acceptors (Lipinski definition) is 6. The Hall–Kier alpha value is -2.15. The van der Waals surface area contributed by atoms with E-state index < -0.39 is 0 Å². The van der Waals surface area contributed by atoms with Crippen molar-refractivity contribution in [2.45, 2.75) is 19.9 Å². The molecule has 0 aliphatic carbocycles. The van der Waals surface area contributed by atoms with Gasteiger partial charge in [-0.25, -0.2) is 4.79 Å². The Morgan fingerprint density at radius 3 is 2.88 bits per heavy atom. The minimum atomic E-state index is -0.383. The lowest BCUT2D eigenvalue weighted by Crippen LogP contribution is -2.35. The minimum absolute atomic E-state index is 0.175. The maximum atomic E-state index is 12.2. The Morgan fingerprint density at radius 2 is 2.12 bits per heavy atom. The molecule has 0 saturated heterocycles. The summed E-state index contributed by atoms with van der Waals surface area (Å²) in [5, 5.41) is 0.991. The van der Waals surface area contributed by atoms with Crippen LogP contribution >= 0.6 is 22.9 Å². The fourth-order valence-electron chi connectivity index (χ4n) is 2.68. The number of rotatable bonds is 5. The van der Waals surface area contributed by atoms with E-state index in [1.165, 1.54) is 22.3 Å². The Bertz CT molecular complexity index is 846. The molecule has 3 rings (SSSR count). The third-order valence-electron chi connectivity index (χ3n) is 3.84. The highest BCUT2D eigenvalue weighted by molar-refractivity contribution is 7.14. The zero-order chi connectivity index (χ0) is 18.5. The maximum Gasteiger partial charge on any atom is 0.336 e. The number of esters is 2. The van der Waals surface area contributed by atoms with Gasteiger partial charge in [-0.05, 0) is 37.1 Å². The van der Waals surface area contributed by atoms with Gasteiger partial charge in [-0.2, -0.15) is 0 Å². The molecule has 136 valence electrons. The van der Waals surface area contributed by atoms with E-state index in [2.05, 4.69) is 0 Å². The van der Waals surface area contributed by atoms with E-state index in [0.717, 1.165) is 18.5 Å². The smallest absolute Gasteiger partial charge is 0.336 e. The molecule has 0 amide bonds. The lowest BCUT2D eigenvalue weighted by molar-refractivity contribution is -0.136. The van der Waals surface area contributed by atoms with Crippen molar-refractivity contribution in [3.63, 3.8) is 0 Å². The highest BCUT2D eigenvalue weighted by Crippen LogP contribution is 2.33. The summed E-state index contributed by atoms with van der Waals surface area (Å²) in [4.78, 5) is 26.9. The molecule has 0 fully saturated rings. The summed E-state index contributed by atoms with van der Waals surface area (Å²) in [6.45, 7) is 3.30. The first kappa shape index (κ1) is 18.6. The number of carbonyl (C=O) groups excluding carboxylic acids is 2. The quantitative estimate of drug-likeness (QED) is 0.440. The Morgan fingerprint density at radius 1 is 1.31 bits per heavy atom.